The number of hydrogen-bond donors (Lipinski definition) is 0. The highest BCUT2D eigenvalue weighted by Crippen LogP contribution is 2.13. The fourth-order valence-electron chi connectivity index (χ4n) is 0.727. The molecule has 0 aromatic heterocycles. The third kappa shape index (κ3) is 7.56. The molecule has 0 amide bonds. The van der Waals surface area contributed by atoms with Crippen LogP contribution in [0, 0.1) is 5.92 Å². The SMILES string of the molecule is CC(C)(C)OCCC(CBr)CBr. The first-order valence-corrected chi connectivity index (χ1v) is 6.50. The predicted molar refractivity (Wildman–Crippen MR) is 61.4 cm³/mol. The average Bonchev–Trinajstić information content (AvgIpc) is 1.96. The molecule has 74 valence electrons. The summed E-state index contributed by atoms with van der Waals surface area (Å²) in [7, 11) is 0. The molecule has 0 spiro atoms. The Morgan fingerprint density at radius 2 is 1.67 bits per heavy atom. The zero-order chi connectivity index (χ0) is 9.61. The monoisotopic (exact) mass is 300 g/mol. The van der Waals surface area contributed by atoms with Crippen LogP contribution in [0.2, 0.25) is 0 Å². The summed E-state index contributed by atoms with van der Waals surface area (Å²) in [6, 6.07) is 0. The van der Waals surface area contributed by atoms with E-state index in [1.54, 1.807) is 0 Å². The second-order valence-corrected chi connectivity index (χ2v) is 5.22. The van der Waals surface area contributed by atoms with Crippen LogP contribution < -0.4 is 0 Å². The highest BCUT2D eigenvalue weighted by molar-refractivity contribution is 9.09. The molecule has 0 aromatic carbocycles. The van der Waals surface area contributed by atoms with Crippen LogP contribution in [0.5, 0.6) is 0 Å². The minimum atomic E-state index is 0.00315. The molecule has 0 fully saturated rings. The molecule has 0 aliphatic carbocycles. The maximum absolute atomic E-state index is 5.62. The van der Waals surface area contributed by atoms with E-state index in [1.165, 1.54) is 0 Å². The molecule has 0 saturated carbocycles. The van der Waals surface area contributed by atoms with E-state index < -0.39 is 0 Å². The van der Waals surface area contributed by atoms with Crippen LogP contribution in [0.15, 0.2) is 0 Å². The van der Waals surface area contributed by atoms with Crippen molar-refractivity contribution >= 4 is 31.9 Å². The van der Waals surface area contributed by atoms with E-state index in [0.717, 1.165) is 23.7 Å². The van der Waals surface area contributed by atoms with Gasteiger partial charge in [-0.25, -0.2) is 0 Å². The second-order valence-electron chi connectivity index (χ2n) is 3.92. The molecule has 0 heterocycles. The number of halogens is 2. The lowest BCUT2D eigenvalue weighted by atomic mass is 10.1. The van der Waals surface area contributed by atoms with Crippen molar-refractivity contribution in [1.82, 2.24) is 0 Å². The van der Waals surface area contributed by atoms with Gasteiger partial charge in [0.2, 0.25) is 0 Å². The fraction of sp³-hybridized carbons (Fsp3) is 1.00. The van der Waals surface area contributed by atoms with Crippen LogP contribution >= 0.6 is 31.9 Å². The molecule has 0 saturated heterocycles. The van der Waals surface area contributed by atoms with Gasteiger partial charge >= 0.3 is 0 Å². The lowest BCUT2D eigenvalue weighted by molar-refractivity contribution is -0.00733. The third-order valence-electron chi connectivity index (χ3n) is 1.50. The molecule has 0 rings (SSSR count). The molecule has 0 aromatic rings. The van der Waals surface area contributed by atoms with Gasteiger partial charge in [-0.05, 0) is 33.1 Å². The van der Waals surface area contributed by atoms with E-state index >= 15 is 0 Å². The summed E-state index contributed by atoms with van der Waals surface area (Å²) >= 11 is 6.94. The Kier molecular flexibility index (Phi) is 6.87. The first kappa shape index (κ1) is 12.9. The zero-order valence-electron chi connectivity index (χ0n) is 8.07. The van der Waals surface area contributed by atoms with Crippen molar-refractivity contribution in [3.8, 4) is 0 Å². The van der Waals surface area contributed by atoms with Crippen LogP contribution in [0.1, 0.15) is 27.2 Å². The Labute approximate surface area is 92.5 Å². The van der Waals surface area contributed by atoms with Gasteiger partial charge in [-0.1, -0.05) is 31.9 Å². The van der Waals surface area contributed by atoms with Crippen LogP contribution in [0.3, 0.4) is 0 Å². The smallest absolute Gasteiger partial charge is 0.0598 e. The van der Waals surface area contributed by atoms with E-state index in [0.29, 0.717) is 5.92 Å². The molecular weight excluding hydrogens is 284 g/mol. The highest BCUT2D eigenvalue weighted by atomic mass is 79.9. The fourth-order valence-corrected chi connectivity index (χ4v) is 2.45. The Bertz CT molecular complexity index is 106. The minimum Gasteiger partial charge on any atom is -0.376 e. The number of ether oxygens (including phenoxy) is 1. The Balaban J connectivity index is 3.41. The van der Waals surface area contributed by atoms with E-state index in [-0.39, 0.29) is 5.60 Å². The van der Waals surface area contributed by atoms with Crippen LogP contribution in [-0.2, 0) is 4.74 Å². The number of alkyl halides is 2. The summed E-state index contributed by atoms with van der Waals surface area (Å²) in [5, 5.41) is 2.09. The molecule has 1 nitrogen and oxygen atoms in total. The van der Waals surface area contributed by atoms with Gasteiger partial charge in [0.05, 0.1) is 5.60 Å². The summed E-state index contributed by atoms with van der Waals surface area (Å²) in [5.41, 5.74) is 0.00315. The van der Waals surface area contributed by atoms with E-state index in [4.69, 9.17) is 4.74 Å². The van der Waals surface area contributed by atoms with E-state index in [2.05, 4.69) is 52.6 Å². The second kappa shape index (κ2) is 6.39. The normalized spacial score (nSPS) is 12.5. The molecule has 0 N–H and O–H groups in total. The standard InChI is InChI=1S/C9H18Br2O/c1-9(2,3)12-5-4-8(6-10)7-11/h8H,4-7H2,1-3H3. The van der Waals surface area contributed by atoms with Crippen LogP contribution in [-0.4, -0.2) is 22.9 Å². The maximum Gasteiger partial charge on any atom is 0.0598 e. The largest absolute Gasteiger partial charge is 0.376 e. The summed E-state index contributed by atoms with van der Waals surface area (Å²) in [4.78, 5) is 0. The summed E-state index contributed by atoms with van der Waals surface area (Å²) in [5.74, 6) is 0.687. The maximum atomic E-state index is 5.62. The van der Waals surface area contributed by atoms with Gasteiger partial charge in [0.25, 0.3) is 0 Å². The Hall–Kier alpha value is 0.920. The molecule has 0 bridgehead atoms. The summed E-state index contributed by atoms with van der Waals surface area (Å²) in [6.45, 7) is 7.12. The topological polar surface area (TPSA) is 9.23 Å². The molecule has 0 radical (unpaired) electrons. The predicted octanol–water partition coefficient (Wildman–Crippen LogP) is 3.60. The van der Waals surface area contributed by atoms with E-state index in [9.17, 15) is 0 Å². The van der Waals surface area contributed by atoms with Gasteiger partial charge in [0.1, 0.15) is 0 Å². The van der Waals surface area contributed by atoms with E-state index in [1.807, 2.05) is 0 Å². The van der Waals surface area contributed by atoms with Crippen molar-refractivity contribution in [3.63, 3.8) is 0 Å². The van der Waals surface area contributed by atoms with Crippen LogP contribution in [0.4, 0.5) is 0 Å². The number of rotatable bonds is 5. The Morgan fingerprint density at radius 3 is 2.00 bits per heavy atom. The first-order chi connectivity index (χ1) is 5.49. The average molecular weight is 302 g/mol. The van der Waals surface area contributed by atoms with Crippen molar-refractivity contribution in [1.29, 1.82) is 0 Å². The molecule has 3 heteroatoms. The zero-order valence-corrected chi connectivity index (χ0v) is 11.2. The molecule has 0 unspecified atom stereocenters. The molecule has 0 aliphatic heterocycles. The van der Waals surface area contributed by atoms with Gasteiger partial charge in [-0.3, -0.25) is 0 Å². The van der Waals surface area contributed by atoms with Crippen molar-refractivity contribution in [3.05, 3.63) is 0 Å². The molecule has 0 atom stereocenters. The van der Waals surface area contributed by atoms with Crippen molar-refractivity contribution in [2.45, 2.75) is 32.8 Å². The lowest BCUT2D eigenvalue weighted by Crippen LogP contribution is -2.21. The van der Waals surface area contributed by atoms with Crippen molar-refractivity contribution in [2.75, 3.05) is 17.3 Å². The molecule has 0 aliphatic rings. The van der Waals surface area contributed by atoms with Gasteiger partial charge in [-0.2, -0.15) is 0 Å². The van der Waals surface area contributed by atoms with Gasteiger partial charge < -0.3 is 4.74 Å². The lowest BCUT2D eigenvalue weighted by Gasteiger charge is -2.20. The van der Waals surface area contributed by atoms with Gasteiger partial charge in [0, 0.05) is 17.3 Å². The van der Waals surface area contributed by atoms with Gasteiger partial charge in [0.15, 0.2) is 0 Å². The Morgan fingerprint density at radius 1 is 1.17 bits per heavy atom. The highest BCUT2D eigenvalue weighted by Gasteiger charge is 2.11. The number of hydrogen-bond acceptors (Lipinski definition) is 1. The molecule has 12 heavy (non-hydrogen) atoms. The molecular formula is C9H18Br2O. The third-order valence-corrected chi connectivity index (χ3v) is 3.33. The van der Waals surface area contributed by atoms with Gasteiger partial charge in [-0.15, -0.1) is 0 Å². The minimum absolute atomic E-state index is 0.00315. The first-order valence-electron chi connectivity index (χ1n) is 4.25. The summed E-state index contributed by atoms with van der Waals surface area (Å²) in [6.07, 6.45) is 1.12. The van der Waals surface area contributed by atoms with Crippen LogP contribution in [0.25, 0.3) is 0 Å². The van der Waals surface area contributed by atoms with Crippen molar-refractivity contribution < 1.29 is 4.74 Å². The van der Waals surface area contributed by atoms with Crippen molar-refractivity contribution in [2.24, 2.45) is 5.92 Å². The summed E-state index contributed by atoms with van der Waals surface area (Å²) < 4.78 is 5.62. The quantitative estimate of drug-likeness (QED) is 0.705.